The molecule has 0 aromatic carbocycles. The minimum atomic E-state index is 0.112. The second-order valence-corrected chi connectivity index (χ2v) is 3.08. The fraction of sp³-hybridized carbons (Fsp3) is 0.400. The molecule has 0 saturated heterocycles. The Balaban J connectivity index is 3.37. The van der Waals surface area contributed by atoms with E-state index in [4.69, 9.17) is 0 Å². The van der Waals surface area contributed by atoms with Gasteiger partial charge in [-0.1, -0.05) is 0 Å². The average molecular weight is 163 g/mol. The Morgan fingerprint density at radius 3 is 2.42 bits per heavy atom. The SMILES string of the molecule is CC(=O)c1cc(C)nc(C)c1C. The number of pyridine rings is 1. The molecule has 0 bridgehead atoms. The van der Waals surface area contributed by atoms with Crippen molar-refractivity contribution in [2.75, 3.05) is 0 Å². The van der Waals surface area contributed by atoms with Crippen LogP contribution in [0.3, 0.4) is 0 Å². The van der Waals surface area contributed by atoms with Gasteiger partial charge in [-0.25, -0.2) is 0 Å². The quantitative estimate of drug-likeness (QED) is 0.594. The third-order valence-electron chi connectivity index (χ3n) is 2.02. The number of hydrogen-bond donors (Lipinski definition) is 0. The fourth-order valence-corrected chi connectivity index (χ4v) is 1.26. The topological polar surface area (TPSA) is 30.0 Å². The van der Waals surface area contributed by atoms with E-state index in [-0.39, 0.29) is 5.78 Å². The highest BCUT2D eigenvalue weighted by Crippen LogP contribution is 2.12. The van der Waals surface area contributed by atoms with Gasteiger partial charge in [0.05, 0.1) is 0 Å². The molecule has 2 heteroatoms. The van der Waals surface area contributed by atoms with Crippen LogP contribution in [0.1, 0.15) is 34.2 Å². The lowest BCUT2D eigenvalue weighted by molar-refractivity contribution is 0.101. The summed E-state index contributed by atoms with van der Waals surface area (Å²) in [7, 11) is 0. The highest BCUT2D eigenvalue weighted by molar-refractivity contribution is 5.95. The van der Waals surface area contributed by atoms with Crippen LogP contribution < -0.4 is 0 Å². The molecule has 12 heavy (non-hydrogen) atoms. The highest BCUT2D eigenvalue weighted by atomic mass is 16.1. The van der Waals surface area contributed by atoms with Crippen molar-refractivity contribution in [1.29, 1.82) is 0 Å². The molecule has 2 nitrogen and oxygen atoms in total. The molecule has 0 atom stereocenters. The van der Waals surface area contributed by atoms with E-state index in [2.05, 4.69) is 4.98 Å². The van der Waals surface area contributed by atoms with Gasteiger partial charge in [0.1, 0.15) is 0 Å². The van der Waals surface area contributed by atoms with Crippen molar-refractivity contribution in [2.24, 2.45) is 0 Å². The van der Waals surface area contributed by atoms with Gasteiger partial charge < -0.3 is 0 Å². The molecule has 0 spiro atoms. The first-order valence-electron chi connectivity index (χ1n) is 3.98. The van der Waals surface area contributed by atoms with Crippen LogP contribution in [0.5, 0.6) is 0 Å². The second-order valence-electron chi connectivity index (χ2n) is 3.08. The summed E-state index contributed by atoms with van der Waals surface area (Å²) < 4.78 is 0. The van der Waals surface area contributed by atoms with Crippen LogP contribution in [0, 0.1) is 20.8 Å². The molecule has 0 aliphatic rings. The zero-order chi connectivity index (χ0) is 9.30. The lowest BCUT2D eigenvalue weighted by Gasteiger charge is -2.05. The molecule has 0 aliphatic heterocycles. The van der Waals surface area contributed by atoms with E-state index in [0.717, 1.165) is 22.5 Å². The van der Waals surface area contributed by atoms with Crippen LogP contribution in [-0.2, 0) is 0 Å². The smallest absolute Gasteiger partial charge is 0.160 e. The van der Waals surface area contributed by atoms with Gasteiger partial charge in [0.25, 0.3) is 0 Å². The van der Waals surface area contributed by atoms with Crippen molar-refractivity contribution in [3.63, 3.8) is 0 Å². The highest BCUT2D eigenvalue weighted by Gasteiger charge is 2.07. The Labute approximate surface area is 72.6 Å². The number of ketones is 1. The molecule has 0 amide bonds. The molecule has 0 saturated carbocycles. The molecular weight excluding hydrogens is 150 g/mol. The summed E-state index contributed by atoms with van der Waals surface area (Å²) in [6.07, 6.45) is 0. The summed E-state index contributed by atoms with van der Waals surface area (Å²) in [5, 5.41) is 0. The third-order valence-corrected chi connectivity index (χ3v) is 2.02. The molecule has 1 aromatic rings. The maximum atomic E-state index is 11.1. The first kappa shape index (κ1) is 8.91. The van der Waals surface area contributed by atoms with Gasteiger partial charge in [0.2, 0.25) is 0 Å². The molecule has 0 unspecified atom stereocenters. The Morgan fingerprint density at radius 1 is 1.33 bits per heavy atom. The van der Waals surface area contributed by atoms with E-state index in [0.29, 0.717) is 0 Å². The standard InChI is InChI=1S/C10H13NO/c1-6-5-10(9(4)12)7(2)8(3)11-6/h5H,1-4H3. The number of aryl methyl sites for hydroxylation is 2. The van der Waals surface area contributed by atoms with E-state index >= 15 is 0 Å². The lowest BCUT2D eigenvalue weighted by Crippen LogP contribution is -2.01. The van der Waals surface area contributed by atoms with Crippen LogP contribution in [-0.4, -0.2) is 10.8 Å². The fourth-order valence-electron chi connectivity index (χ4n) is 1.26. The summed E-state index contributed by atoms with van der Waals surface area (Å²) in [5.41, 5.74) is 3.64. The maximum absolute atomic E-state index is 11.1. The Morgan fingerprint density at radius 2 is 1.92 bits per heavy atom. The number of nitrogens with zero attached hydrogens (tertiary/aromatic N) is 1. The van der Waals surface area contributed by atoms with Gasteiger partial charge in [-0.2, -0.15) is 0 Å². The maximum Gasteiger partial charge on any atom is 0.160 e. The largest absolute Gasteiger partial charge is 0.294 e. The van der Waals surface area contributed by atoms with Gasteiger partial charge in [-0.3, -0.25) is 9.78 Å². The van der Waals surface area contributed by atoms with Crippen molar-refractivity contribution in [1.82, 2.24) is 4.98 Å². The lowest BCUT2D eigenvalue weighted by atomic mass is 10.0. The van der Waals surface area contributed by atoms with Crippen LogP contribution in [0.15, 0.2) is 6.07 Å². The van der Waals surface area contributed by atoms with Gasteiger partial charge >= 0.3 is 0 Å². The second kappa shape index (κ2) is 3.05. The van der Waals surface area contributed by atoms with E-state index in [1.54, 1.807) is 6.92 Å². The monoisotopic (exact) mass is 163 g/mol. The third kappa shape index (κ3) is 1.52. The Kier molecular flexibility index (Phi) is 2.27. The first-order valence-corrected chi connectivity index (χ1v) is 3.98. The van der Waals surface area contributed by atoms with Crippen LogP contribution in [0.25, 0.3) is 0 Å². The molecule has 0 fully saturated rings. The Hall–Kier alpha value is -1.18. The molecule has 1 aromatic heterocycles. The van der Waals surface area contributed by atoms with Crippen LogP contribution in [0.4, 0.5) is 0 Å². The minimum absolute atomic E-state index is 0.112. The van der Waals surface area contributed by atoms with E-state index in [1.165, 1.54) is 0 Å². The van der Waals surface area contributed by atoms with E-state index in [1.807, 2.05) is 26.8 Å². The molecule has 0 N–H and O–H groups in total. The predicted octanol–water partition coefficient (Wildman–Crippen LogP) is 2.21. The van der Waals surface area contributed by atoms with Gasteiger partial charge in [-0.05, 0) is 39.3 Å². The normalized spacial score (nSPS) is 10.0. The number of carbonyl (C=O) groups is 1. The van der Waals surface area contributed by atoms with Crippen molar-refractivity contribution in [2.45, 2.75) is 27.7 Å². The van der Waals surface area contributed by atoms with Gasteiger partial charge in [0, 0.05) is 17.0 Å². The van der Waals surface area contributed by atoms with Crippen LogP contribution in [0.2, 0.25) is 0 Å². The number of aromatic nitrogens is 1. The molecule has 64 valence electrons. The Bertz CT molecular complexity index is 329. The zero-order valence-corrected chi connectivity index (χ0v) is 7.93. The van der Waals surface area contributed by atoms with Crippen LogP contribution >= 0.6 is 0 Å². The molecule has 0 radical (unpaired) electrons. The molecule has 0 aliphatic carbocycles. The zero-order valence-electron chi connectivity index (χ0n) is 7.93. The van der Waals surface area contributed by atoms with Crippen molar-refractivity contribution in [3.05, 3.63) is 28.6 Å². The van der Waals surface area contributed by atoms with Crippen molar-refractivity contribution >= 4 is 5.78 Å². The van der Waals surface area contributed by atoms with Crippen molar-refractivity contribution < 1.29 is 4.79 Å². The summed E-state index contributed by atoms with van der Waals surface area (Å²) >= 11 is 0. The predicted molar refractivity (Wildman–Crippen MR) is 48.5 cm³/mol. The molecular formula is C10H13NO. The first-order chi connectivity index (χ1) is 5.52. The number of carbonyl (C=O) groups excluding carboxylic acids is 1. The average Bonchev–Trinajstić information content (AvgIpc) is 1.96. The van der Waals surface area contributed by atoms with Crippen molar-refractivity contribution in [3.8, 4) is 0 Å². The number of Topliss-reactive ketones (excluding diaryl/α,β-unsaturated/α-hetero) is 1. The summed E-state index contributed by atoms with van der Waals surface area (Å²) in [4.78, 5) is 15.4. The number of hydrogen-bond acceptors (Lipinski definition) is 2. The minimum Gasteiger partial charge on any atom is -0.294 e. The molecule has 1 heterocycles. The number of rotatable bonds is 1. The van der Waals surface area contributed by atoms with Gasteiger partial charge in [0.15, 0.2) is 5.78 Å². The van der Waals surface area contributed by atoms with Gasteiger partial charge in [-0.15, -0.1) is 0 Å². The van der Waals surface area contributed by atoms with E-state index in [9.17, 15) is 4.79 Å². The van der Waals surface area contributed by atoms with E-state index < -0.39 is 0 Å². The summed E-state index contributed by atoms with van der Waals surface area (Å²) in [6.45, 7) is 7.34. The summed E-state index contributed by atoms with van der Waals surface area (Å²) in [6, 6.07) is 1.84. The molecule has 1 rings (SSSR count). The summed E-state index contributed by atoms with van der Waals surface area (Å²) in [5.74, 6) is 0.112.